The summed E-state index contributed by atoms with van der Waals surface area (Å²) in [5, 5.41) is 14.4. The Labute approximate surface area is 118 Å². The van der Waals surface area contributed by atoms with E-state index in [1.165, 1.54) is 7.11 Å². The first-order valence-electron chi connectivity index (χ1n) is 6.74. The van der Waals surface area contributed by atoms with Crippen LogP contribution in [0.5, 0.6) is 5.75 Å². The van der Waals surface area contributed by atoms with Gasteiger partial charge in [0.15, 0.2) is 5.75 Å². The highest BCUT2D eigenvalue weighted by Crippen LogP contribution is 2.27. The van der Waals surface area contributed by atoms with E-state index in [-0.39, 0.29) is 11.4 Å². The fraction of sp³-hybridized carbons (Fsp3) is 0.571. The molecule has 0 amide bonds. The highest BCUT2D eigenvalue weighted by atomic mass is 16.6. The summed E-state index contributed by atoms with van der Waals surface area (Å²) >= 11 is 0. The van der Waals surface area contributed by atoms with Crippen LogP contribution in [0.3, 0.4) is 0 Å². The van der Waals surface area contributed by atoms with Crippen LogP contribution in [-0.2, 0) is 11.3 Å². The summed E-state index contributed by atoms with van der Waals surface area (Å²) < 4.78 is 10.4. The van der Waals surface area contributed by atoms with Crippen molar-refractivity contribution in [2.24, 2.45) is 5.92 Å². The fourth-order valence-electron chi connectivity index (χ4n) is 2.38. The molecule has 0 aliphatic carbocycles. The van der Waals surface area contributed by atoms with Crippen LogP contribution in [0.2, 0.25) is 0 Å². The van der Waals surface area contributed by atoms with Gasteiger partial charge in [-0.15, -0.1) is 0 Å². The van der Waals surface area contributed by atoms with Crippen LogP contribution < -0.4 is 10.1 Å². The van der Waals surface area contributed by atoms with Crippen molar-refractivity contribution in [3.63, 3.8) is 0 Å². The monoisotopic (exact) mass is 280 g/mol. The average Bonchev–Trinajstić information content (AvgIpc) is 2.98. The molecule has 2 unspecified atom stereocenters. The van der Waals surface area contributed by atoms with E-state index < -0.39 is 4.92 Å². The Bertz CT molecular complexity index is 472. The summed E-state index contributed by atoms with van der Waals surface area (Å²) in [5.74, 6) is 0.805. The molecule has 6 heteroatoms. The Morgan fingerprint density at radius 3 is 3.00 bits per heavy atom. The Morgan fingerprint density at radius 1 is 1.60 bits per heavy atom. The zero-order chi connectivity index (χ0) is 14.5. The zero-order valence-electron chi connectivity index (χ0n) is 11.8. The number of nitrogens with one attached hydrogen (secondary N) is 1. The van der Waals surface area contributed by atoms with E-state index in [1.807, 2.05) is 6.07 Å². The number of nitro groups is 1. The molecule has 20 heavy (non-hydrogen) atoms. The number of methoxy groups -OCH3 is 1. The maximum absolute atomic E-state index is 11.0. The Morgan fingerprint density at radius 2 is 2.40 bits per heavy atom. The van der Waals surface area contributed by atoms with E-state index in [9.17, 15) is 10.1 Å². The first-order valence-corrected chi connectivity index (χ1v) is 6.74. The molecule has 1 N–H and O–H groups in total. The number of hydrogen-bond donors (Lipinski definition) is 1. The third-order valence-electron chi connectivity index (χ3n) is 3.74. The smallest absolute Gasteiger partial charge is 0.311 e. The van der Waals surface area contributed by atoms with Gasteiger partial charge in [-0.05, 0) is 30.9 Å². The van der Waals surface area contributed by atoms with Crippen LogP contribution in [0.25, 0.3) is 0 Å². The van der Waals surface area contributed by atoms with Gasteiger partial charge in [0.05, 0.1) is 18.6 Å². The number of rotatable bonds is 6. The minimum Gasteiger partial charge on any atom is -0.490 e. The van der Waals surface area contributed by atoms with Gasteiger partial charge in [-0.25, -0.2) is 0 Å². The summed E-state index contributed by atoms with van der Waals surface area (Å²) in [7, 11) is 1.43. The Hall–Kier alpha value is -1.66. The quantitative estimate of drug-likeness (QED) is 0.638. The van der Waals surface area contributed by atoms with Gasteiger partial charge in [0.25, 0.3) is 0 Å². The molecule has 0 spiro atoms. The number of nitrogens with zero attached hydrogens (tertiary/aromatic N) is 1. The normalized spacial score (nSPS) is 19.8. The molecular formula is C14H20N2O4. The van der Waals surface area contributed by atoms with Crippen LogP contribution in [0.1, 0.15) is 18.9 Å². The van der Waals surface area contributed by atoms with Crippen molar-refractivity contribution in [1.29, 1.82) is 0 Å². The molecule has 1 fully saturated rings. The van der Waals surface area contributed by atoms with Crippen LogP contribution in [0, 0.1) is 16.0 Å². The lowest BCUT2D eigenvalue weighted by atomic mass is 10.0. The van der Waals surface area contributed by atoms with Crippen molar-refractivity contribution in [3.8, 4) is 5.75 Å². The van der Waals surface area contributed by atoms with E-state index in [0.29, 0.717) is 18.5 Å². The molecule has 1 saturated heterocycles. The fourth-order valence-corrected chi connectivity index (χ4v) is 2.38. The second kappa shape index (κ2) is 6.67. The molecular weight excluding hydrogens is 260 g/mol. The molecule has 1 aliphatic rings. The number of hydrogen-bond acceptors (Lipinski definition) is 5. The third-order valence-corrected chi connectivity index (χ3v) is 3.74. The molecule has 110 valence electrons. The first-order chi connectivity index (χ1) is 9.61. The molecule has 1 aromatic rings. The summed E-state index contributed by atoms with van der Waals surface area (Å²) in [6.45, 7) is 4.33. The van der Waals surface area contributed by atoms with Crippen molar-refractivity contribution in [1.82, 2.24) is 5.32 Å². The SMILES string of the molecule is COc1ccc(CNC(C)C2CCOC2)cc1[N+](=O)[O-]. The lowest BCUT2D eigenvalue weighted by molar-refractivity contribution is -0.385. The van der Waals surface area contributed by atoms with Gasteiger partial charge in [-0.1, -0.05) is 6.07 Å². The minimum atomic E-state index is -0.420. The maximum Gasteiger partial charge on any atom is 0.311 e. The van der Waals surface area contributed by atoms with E-state index in [4.69, 9.17) is 9.47 Å². The first kappa shape index (κ1) is 14.7. The van der Waals surface area contributed by atoms with Crippen LogP contribution >= 0.6 is 0 Å². The van der Waals surface area contributed by atoms with Crippen molar-refractivity contribution in [3.05, 3.63) is 33.9 Å². The summed E-state index contributed by atoms with van der Waals surface area (Å²) in [6.07, 6.45) is 1.07. The molecule has 0 saturated carbocycles. The zero-order valence-corrected chi connectivity index (χ0v) is 11.8. The molecule has 1 aromatic carbocycles. The van der Waals surface area contributed by atoms with Gasteiger partial charge in [0, 0.05) is 25.3 Å². The molecule has 0 radical (unpaired) electrons. The molecule has 2 rings (SSSR count). The molecule has 1 heterocycles. The van der Waals surface area contributed by atoms with Gasteiger partial charge in [0.1, 0.15) is 0 Å². The average molecular weight is 280 g/mol. The predicted octanol–water partition coefficient (Wildman–Crippen LogP) is 2.12. The predicted molar refractivity (Wildman–Crippen MR) is 74.9 cm³/mol. The second-order valence-electron chi connectivity index (χ2n) is 5.06. The van der Waals surface area contributed by atoms with Crippen LogP contribution in [-0.4, -0.2) is 31.3 Å². The van der Waals surface area contributed by atoms with Crippen LogP contribution in [0.4, 0.5) is 5.69 Å². The van der Waals surface area contributed by atoms with Gasteiger partial charge >= 0.3 is 5.69 Å². The highest BCUT2D eigenvalue weighted by molar-refractivity contribution is 5.48. The molecule has 1 aliphatic heterocycles. The van der Waals surface area contributed by atoms with E-state index in [0.717, 1.165) is 25.2 Å². The molecule has 6 nitrogen and oxygen atoms in total. The van der Waals surface area contributed by atoms with Crippen LogP contribution in [0.15, 0.2) is 18.2 Å². The maximum atomic E-state index is 11.0. The van der Waals surface area contributed by atoms with Crippen molar-refractivity contribution in [2.75, 3.05) is 20.3 Å². The lowest BCUT2D eigenvalue weighted by Gasteiger charge is -2.19. The van der Waals surface area contributed by atoms with Gasteiger partial charge in [0.2, 0.25) is 0 Å². The number of ether oxygens (including phenoxy) is 2. The van der Waals surface area contributed by atoms with Crippen molar-refractivity contribution in [2.45, 2.75) is 25.9 Å². The number of benzene rings is 1. The lowest BCUT2D eigenvalue weighted by Crippen LogP contribution is -2.33. The molecule has 0 aromatic heterocycles. The second-order valence-corrected chi connectivity index (χ2v) is 5.06. The standard InChI is InChI=1S/C14H20N2O4/c1-10(12-5-6-20-9-12)15-8-11-3-4-14(19-2)13(7-11)16(17)18/h3-4,7,10,12,15H,5-6,8-9H2,1-2H3. The topological polar surface area (TPSA) is 73.6 Å². The van der Waals surface area contributed by atoms with E-state index in [2.05, 4.69) is 12.2 Å². The van der Waals surface area contributed by atoms with Crippen molar-refractivity contribution >= 4 is 5.69 Å². The minimum absolute atomic E-state index is 0.00338. The van der Waals surface area contributed by atoms with Gasteiger partial charge in [-0.2, -0.15) is 0 Å². The highest BCUT2D eigenvalue weighted by Gasteiger charge is 2.22. The Kier molecular flexibility index (Phi) is 4.92. The largest absolute Gasteiger partial charge is 0.490 e. The van der Waals surface area contributed by atoms with E-state index in [1.54, 1.807) is 12.1 Å². The van der Waals surface area contributed by atoms with Gasteiger partial charge in [-0.3, -0.25) is 10.1 Å². The number of nitro benzene ring substituents is 1. The summed E-state index contributed by atoms with van der Waals surface area (Å²) in [6, 6.07) is 5.37. The van der Waals surface area contributed by atoms with Crippen molar-refractivity contribution < 1.29 is 14.4 Å². The van der Waals surface area contributed by atoms with Gasteiger partial charge < -0.3 is 14.8 Å². The summed E-state index contributed by atoms with van der Waals surface area (Å²) in [5.41, 5.74) is 0.881. The Balaban J connectivity index is 1.98. The molecule has 2 atom stereocenters. The van der Waals surface area contributed by atoms with E-state index >= 15 is 0 Å². The summed E-state index contributed by atoms with van der Waals surface area (Å²) in [4.78, 5) is 10.5. The third kappa shape index (κ3) is 3.46. The molecule has 0 bridgehead atoms.